The number of hydrogen-bond donors (Lipinski definition) is 0. The highest BCUT2D eigenvalue weighted by Gasteiger charge is 2.40. The first-order valence-corrected chi connectivity index (χ1v) is 15.3. The van der Waals surface area contributed by atoms with Gasteiger partial charge in [-0.3, -0.25) is 0 Å². The van der Waals surface area contributed by atoms with E-state index in [1.165, 1.54) is 94.6 Å². The molecule has 0 saturated heterocycles. The third-order valence-electron chi connectivity index (χ3n) is 8.26. The van der Waals surface area contributed by atoms with Crippen molar-refractivity contribution >= 4 is 0 Å². The summed E-state index contributed by atoms with van der Waals surface area (Å²) < 4.78 is 4.96. The van der Waals surface area contributed by atoms with E-state index in [1.54, 1.807) is 0 Å². The Morgan fingerprint density at radius 1 is 0.703 bits per heavy atom. The number of unbranched alkanes of at least 4 members (excludes halogenated alkanes) is 10. The molecular formula is C35H53N2+. The summed E-state index contributed by atoms with van der Waals surface area (Å²) in [5, 5.41) is 0. The third-order valence-corrected chi connectivity index (χ3v) is 8.26. The van der Waals surface area contributed by atoms with E-state index in [0.717, 1.165) is 13.0 Å². The Balaban J connectivity index is 1.77. The summed E-state index contributed by atoms with van der Waals surface area (Å²) in [4.78, 5) is 0. The minimum Gasteiger partial charge on any atom is -0.237 e. The van der Waals surface area contributed by atoms with Crippen LogP contribution < -0.4 is 4.57 Å². The molecule has 3 rings (SSSR count). The van der Waals surface area contributed by atoms with E-state index < -0.39 is 0 Å². The Kier molecular flexibility index (Phi) is 13.0. The molecular weight excluding hydrogens is 448 g/mol. The molecule has 0 aliphatic carbocycles. The van der Waals surface area contributed by atoms with E-state index >= 15 is 0 Å². The average molecular weight is 502 g/mol. The van der Waals surface area contributed by atoms with Crippen molar-refractivity contribution in [2.75, 3.05) is 0 Å². The van der Waals surface area contributed by atoms with Crippen LogP contribution in [0.5, 0.6) is 0 Å². The van der Waals surface area contributed by atoms with Crippen LogP contribution in [-0.2, 0) is 18.4 Å². The Morgan fingerprint density at radius 2 is 1.27 bits per heavy atom. The van der Waals surface area contributed by atoms with Crippen molar-refractivity contribution in [3.05, 3.63) is 90.5 Å². The van der Waals surface area contributed by atoms with Crippen LogP contribution in [0.4, 0.5) is 0 Å². The molecule has 2 heteroatoms. The van der Waals surface area contributed by atoms with Gasteiger partial charge in [0.15, 0.2) is 0 Å². The summed E-state index contributed by atoms with van der Waals surface area (Å²) in [7, 11) is 0. The first kappa shape index (κ1) is 29.2. The monoisotopic (exact) mass is 501 g/mol. The zero-order valence-corrected chi connectivity index (χ0v) is 24.1. The molecule has 2 aromatic carbocycles. The van der Waals surface area contributed by atoms with Gasteiger partial charge in [0.05, 0.1) is 6.54 Å². The quantitative estimate of drug-likeness (QED) is 0.114. The normalized spacial score (nSPS) is 13.9. The summed E-state index contributed by atoms with van der Waals surface area (Å²) >= 11 is 0. The van der Waals surface area contributed by atoms with Gasteiger partial charge in [-0.1, -0.05) is 139 Å². The molecule has 0 amide bonds. The average Bonchev–Trinajstić information content (AvgIpc) is 3.39. The van der Waals surface area contributed by atoms with Gasteiger partial charge in [0, 0.05) is 5.41 Å². The number of benzene rings is 2. The lowest BCUT2D eigenvalue weighted by Crippen LogP contribution is -2.38. The van der Waals surface area contributed by atoms with Gasteiger partial charge in [0.25, 0.3) is 0 Å². The minimum atomic E-state index is 0.0169. The van der Waals surface area contributed by atoms with Gasteiger partial charge in [0.2, 0.25) is 6.33 Å². The maximum atomic E-state index is 2.55. The van der Waals surface area contributed by atoms with E-state index in [2.05, 4.69) is 109 Å². The molecule has 0 bridgehead atoms. The van der Waals surface area contributed by atoms with E-state index in [0.29, 0.717) is 6.04 Å². The van der Waals surface area contributed by atoms with Crippen LogP contribution in [0.2, 0.25) is 0 Å². The standard InChI is InChI=1S/C35H53N2/c1-4-6-8-9-10-11-12-13-20-26-34(37-29-28-36(31-37)27-21-7-5-2)35(3,33-24-18-15-19-25-33)30-32-22-16-14-17-23-32/h14-19,22-25,28-29,31,34H,4-13,20-21,26-27,30H2,1-3H3/q+1. The summed E-state index contributed by atoms with van der Waals surface area (Å²) in [6.07, 6.45) is 25.5. The fourth-order valence-corrected chi connectivity index (χ4v) is 5.97. The van der Waals surface area contributed by atoms with Crippen molar-refractivity contribution in [3.8, 4) is 0 Å². The van der Waals surface area contributed by atoms with Crippen LogP contribution >= 0.6 is 0 Å². The van der Waals surface area contributed by atoms with Crippen molar-refractivity contribution in [1.82, 2.24) is 4.57 Å². The molecule has 0 radical (unpaired) electrons. The molecule has 0 saturated carbocycles. The molecule has 0 N–H and O–H groups in total. The minimum absolute atomic E-state index is 0.0169. The van der Waals surface area contributed by atoms with E-state index in [-0.39, 0.29) is 5.41 Å². The Hall–Kier alpha value is -2.35. The second-order valence-corrected chi connectivity index (χ2v) is 11.4. The molecule has 0 aliphatic heterocycles. The van der Waals surface area contributed by atoms with Crippen molar-refractivity contribution in [2.24, 2.45) is 0 Å². The molecule has 2 atom stereocenters. The molecule has 0 fully saturated rings. The van der Waals surface area contributed by atoms with Crippen molar-refractivity contribution < 1.29 is 4.57 Å². The summed E-state index contributed by atoms with van der Waals surface area (Å²) in [6, 6.07) is 22.8. The van der Waals surface area contributed by atoms with Crippen molar-refractivity contribution in [3.63, 3.8) is 0 Å². The first-order valence-electron chi connectivity index (χ1n) is 15.3. The van der Waals surface area contributed by atoms with E-state index in [4.69, 9.17) is 0 Å². The molecule has 2 unspecified atom stereocenters. The maximum absolute atomic E-state index is 2.55. The van der Waals surface area contributed by atoms with E-state index in [1.807, 2.05) is 0 Å². The zero-order chi connectivity index (χ0) is 26.2. The van der Waals surface area contributed by atoms with Crippen LogP contribution in [0.3, 0.4) is 0 Å². The lowest BCUT2D eigenvalue weighted by Gasteiger charge is -2.37. The maximum Gasteiger partial charge on any atom is 0.244 e. The highest BCUT2D eigenvalue weighted by Crippen LogP contribution is 2.41. The number of hydrogen-bond acceptors (Lipinski definition) is 0. The Morgan fingerprint density at radius 3 is 1.92 bits per heavy atom. The summed E-state index contributed by atoms with van der Waals surface area (Å²) in [6.45, 7) is 8.21. The number of rotatable bonds is 19. The smallest absolute Gasteiger partial charge is 0.237 e. The summed E-state index contributed by atoms with van der Waals surface area (Å²) in [5.74, 6) is 0. The molecule has 37 heavy (non-hydrogen) atoms. The zero-order valence-electron chi connectivity index (χ0n) is 24.1. The van der Waals surface area contributed by atoms with E-state index in [9.17, 15) is 0 Å². The molecule has 202 valence electrons. The highest BCUT2D eigenvalue weighted by molar-refractivity contribution is 5.30. The van der Waals surface area contributed by atoms with Crippen LogP contribution in [0.15, 0.2) is 79.4 Å². The first-order chi connectivity index (χ1) is 18.2. The predicted octanol–water partition coefficient (Wildman–Crippen LogP) is 9.63. The number of aromatic nitrogens is 2. The van der Waals surface area contributed by atoms with Gasteiger partial charge < -0.3 is 0 Å². The predicted molar refractivity (Wildman–Crippen MR) is 159 cm³/mol. The van der Waals surface area contributed by atoms with Crippen molar-refractivity contribution in [2.45, 2.75) is 129 Å². The van der Waals surface area contributed by atoms with Gasteiger partial charge in [-0.2, -0.15) is 0 Å². The van der Waals surface area contributed by atoms with Gasteiger partial charge >= 0.3 is 0 Å². The fraction of sp³-hybridized carbons (Fsp3) is 0.571. The lowest BCUT2D eigenvalue weighted by atomic mass is 9.70. The van der Waals surface area contributed by atoms with Crippen molar-refractivity contribution in [1.29, 1.82) is 0 Å². The number of nitrogens with zero attached hydrogens (tertiary/aromatic N) is 2. The Labute approximate surface area is 228 Å². The molecule has 0 aliphatic rings. The molecule has 1 heterocycles. The van der Waals surface area contributed by atoms with Gasteiger partial charge in [-0.05, 0) is 43.2 Å². The topological polar surface area (TPSA) is 8.81 Å². The lowest BCUT2D eigenvalue weighted by molar-refractivity contribution is -0.697. The second-order valence-electron chi connectivity index (χ2n) is 11.4. The molecule has 3 aromatic rings. The third kappa shape index (κ3) is 9.47. The molecule has 2 nitrogen and oxygen atoms in total. The number of aryl methyl sites for hydroxylation is 1. The van der Waals surface area contributed by atoms with Crippen LogP contribution in [0, 0.1) is 0 Å². The second kappa shape index (κ2) is 16.5. The summed E-state index contributed by atoms with van der Waals surface area (Å²) in [5.41, 5.74) is 2.89. The highest BCUT2D eigenvalue weighted by atomic mass is 15.1. The van der Waals surface area contributed by atoms with Gasteiger partial charge in [0.1, 0.15) is 18.4 Å². The molecule has 0 spiro atoms. The molecule has 1 aromatic heterocycles. The van der Waals surface area contributed by atoms with Crippen LogP contribution in [0.25, 0.3) is 0 Å². The largest absolute Gasteiger partial charge is 0.244 e. The fourth-order valence-electron chi connectivity index (χ4n) is 5.97. The van der Waals surface area contributed by atoms with Gasteiger partial charge in [-0.15, -0.1) is 0 Å². The van der Waals surface area contributed by atoms with Gasteiger partial charge in [-0.25, -0.2) is 9.13 Å². The van der Waals surface area contributed by atoms with Crippen LogP contribution in [-0.4, -0.2) is 4.57 Å². The Bertz CT molecular complexity index is 961. The van der Waals surface area contributed by atoms with Crippen LogP contribution in [0.1, 0.15) is 121 Å². The SMILES string of the molecule is CCCCCCCCCCCC(n1cc[n+](CCCCC)c1)C(C)(Cc1ccccc1)c1ccccc1. The number of imidazole rings is 1.